The SMILES string of the molecule is CCCC1O[C@@H]2CC3[C@@H]4C[C@H](F)C5=CC(=O)C=C[C@]5(C)[C@@]4(F)[C@@H](O)C[C@]3(C)[C@]2(C(=O)CNC(=O)OCc2ccc(NC(=O)[C@H](CCCNC(N)=O)NC(=O)[C@@H](NC(=O)[C@@H](CCCC(=O)NCCS(=O)(=O)O)NC(=O)CCOCCOCCOCCOCCNC(=O)CCC(=O)N3Cc4ccccc4C#Cc4ccccc43)C(C)C)cc2)O1. The van der Waals surface area contributed by atoms with Crippen LogP contribution in [0.25, 0.3) is 0 Å². The molecule has 6 aliphatic rings. The standard InChI is InChI=1S/C82H108F2N10O22S/c1-6-13-72-115-67-46-58-59-45-61(83)60-44-57(95)29-31-79(60,4)81(59,84)65(96)47-80(58,5)82(67,116-72)66(97)48-89-78(106)114-50-52-21-25-56(26-22-52)90-74(102)63(18-12-32-88-77(85)105)92-76(104)73(51(2)3)93-75(103)62(17-11-20-68(98)87-34-43-117(107,108)109)91-70(100)30-35-110-37-39-112-41-42-113-40-38-111-36-33-86-69(99)27-28-71(101)94-49-55-16-8-7-14-53(55)23-24-54-15-9-10-19-64(54)94/h7-10,14-16,19,21-22,25-26,29,31,44,51,58-59,61-63,65,67,72-73,96H,6,11-13,17-18,20,27-28,30,32-43,45-50H2,1-5H3,(H,86,99)(H,87,98)(H,89,106)(H,90,102)(H,91,100)(H,92,104)(H,93,103)(H3,85,88,105)(H,107,108,109)/t58?,59-,61-,62+,63-,65-,67+,72?,73-,79-,80-,81-,82+/m0/s1. The second-order valence-corrected chi connectivity index (χ2v) is 32.2. The smallest absolute Gasteiger partial charge is 0.407 e. The first kappa shape index (κ1) is 91.3. The lowest BCUT2D eigenvalue weighted by atomic mass is 9.44. The minimum absolute atomic E-state index is 0.00120. The second kappa shape index (κ2) is 42.2. The minimum atomic E-state index is -4.38. The van der Waals surface area contributed by atoms with Crippen molar-refractivity contribution in [3.8, 4) is 11.8 Å². The van der Waals surface area contributed by atoms with Gasteiger partial charge in [0.1, 0.15) is 30.9 Å². The number of carbonyl (C=O) groups excluding carboxylic acids is 11. The van der Waals surface area contributed by atoms with Crippen LogP contribution in [0.2, 0.25) is 0 Å². The fourth-order valence-electron chi connectivity index (χ4n) is 16.4. The molecule has 2 heterocycles. The van der Waals surface area contributed by atoms with Gasteiger partial charge >= 0.3 is 12.1 Å². The lowest BCUT2D eigenvalue weighted by Crippen LogP contribution is -2.71. The largest absolute Gasteiger partial charge is 0.445 e. The van der Waals surface area contributed by atoms with E-state index in [1.807, 2.05) is 55.5 Å². The molecule has 1 saturated heterocycles. The zero-order valence-electron chi connectivity index (χ0n) is 66.5. The number of primary amides is 1. The van der Waals surface area contributed by atoms with Crippen molar-refractivity contribution in [3.05, 3.63) is 119 Å². The summed E-state index contributed by atoms with van der Waals surface area (Å²) in [4.78, 5) is 149. The summed E-state index contributed by atoms with van der Waals surface area (Å²) in [6.45, 7) is 8.84. The first-order valence-electron chi connectivity index (χ1n) is 39.7. The first-order chi connectivity index (χ1) is 55.8. The predicted molar refractivity (Wildman–Crippen MR) is 421 cm³/mol. The van der Waals surface area contributed by atoms with Gasteiger partial charge in [-0.2, -0.15) is 8.42 Å². The van der Waals surface area contributed by atoms with Gasteiger partial charge in [0.25, 0.3) is 10.1 Å². The number of nitrogens with two attached hydrogens (primary N) is 1. The molecule has 9 rings (SSSR count). The van der Waals surface area contributed by atoms with Gasteiger partial charge in [-0.3, -0.25) is 47.7 Å². The highest BCUT2D eigenvalue weighted by molar-refractivity contribution is 7.85. The number of aliphatic hydroxyl groups excluding tert-OH is 1. The maximum absolute atomic E-state index is 18.0. The number of ketones is 2. The number of fused-ring (bicyclic) bond motifs is 9. The van der Waals surface area contributed by atoms with Crippen LogP contribution in [0, 0.1) is 40.4 Å². The number of rotatable bonds is 44. The molecule has 13 atom stereocenters. The highest BCUT2D eigenvalue weighted by atomic mass is 32.2. The van der Waals surface area contributed by atoms with E-state index in [2.05, 4.69) is 54.4 Å². The zero-order chi connectivity index (χ0) is 84.7. The Balaban J connectivity index is 0.698. The van der Waals surface area contributed by atoms with Gasteiger partial charge in [0.2, 0.25) is 41.4 Å². The van der Waals surface area contributed by atoms with Crippen molar-refractivity contribution in [1.29, 1.82) is 0 Å². The van der Waals surface area contributed by atoms with E-state index < -0.39 is 165 Å². The number of hydrogen-bond acceptors (Lipinski definition) is 21. The van der Waals surface area contributed by atoms with Gasteiger partial charge < -0.3 is 91.4 Å². The molecule has 12 N–H and O–H groups in total. The van der Waals surface area contributed by atoms with Crippen LogP contribution in [-0.4, -0.2) is 222 Å². The average Bonchev–Trinajstić information content (AvgIpc) is 1.55. The number of para-hydroxylation sites is 1. The van der Waals surface area contributed by atoms with E-state index >= 15 is 8.78 Å². The topological polar surface area (TPSA) is 452 Å². The van der Waals surface area contributed by atoms with Gasteiger partial charge in [-0.15, -0.1) is 0 Å². The molecular formula is C82H108F2N10O22S. The molecule has 35 heteroatoms. The molecule has 0 aromatic heterocycles. The van der Waals surface area contributed by atoms with Gasteiger partial charge in [-0.05, 0) is 129 Å². The van der Waals surface area contributed by atoms with Crippen LogP contribution in [0.15, 0.2) is 96.6 Å². The number of amides is 10. The van der Waals surface area contributed by atoms with Crippen molar-refractivity contribution in [1.82, 2.24) is 37.2 Å². The third-order valence-corrected chi connectivity index (χ3v) is 23.0. The summed E-state index contributed by atoms with van der Waals surface area (Å²) in [6, 6.07) is 16.3. The number of hydrogen-bond donors (Lipinski definition) is 11. The number of urea groups is 1. The molecule has 0 bridgehead atoms. The Hall–Kier alpha value is -9.64. The molecule has 32 nitrogen and oxygen atoms in total. The maximum atomic E-state index is 18.0. The number of allylic oxidation sites excluding steroid dienone is 4. The Bertz CT molecular complexity index is 4320. The second-order valence-electron chi connectivity index (χ2n) is 30.7. The molecule has 0 spiro atoms. The Labute approximate surface area is 678 Å². The van der Waals surface area contributed by atoms with E-state index in [9.17, 15) is 66.3 Å². The lowest BCUT2D eigenvalue weighted by molar-refractivity contribution is -0.233. The summed E-state index contributed by atoms with van der Waals surface area (Å²) in [5.74, 6) is -2.08. The van der Waals surface area contributed by atoms with Gasteiger partial charge in [-0.1, -0.05) is 94.5 Å². The van der Waals surface area contributed by atoms with Crippen molar-refractivity contribution in [2.24, 2.45) is 34.3 Å². The van der Waals surface area contributed by atoms with Crippen molar-refractivity contribution < 1.29 is 113 Å². The van der Waals surface area contributed by atoms with Crippen LogP contribution in [0.4, 0.5) is 29.7 Å². The van der Waals surface area contributed by atoms with Gasteiger partial charge in [0.15, 0.2) is 29.1 Å². The van der Waals surface area contributed by atoms with E-state index in [4.69, 9.17) is 43.4 Å². The number of halogens is 2. The van der Waals surface area contributed by atoms with Crippen molar-refractivity contribution in [3.63, 3.8) is 0 Å². The fourth-order valence-corrected chi connectivity index (χ4v) is 16.7. The molecule has 10 amide bonds. The molecule has 638 valence electrons. The molecule has 0 radical (unpaired) electrons. The number of Topliss-reactive ketones (excluding diaryl/α,β-unsaturated/α-hetero) is 1. The normalized spacial score (nSPS) is 24.1. The number of carbonyl (C=O) groups is 11. The monoisotopic (exact) mass is 1650 g/mol. The van der Waals surface area contributed by atoms with Crippen molar-refractivity contribution in [2.45, 2.75) is 185 Å². The third-order valence-electron chi connectivity index (χ3n) is 22.3. The van der Waals surface area contributed by atoms with Crippen molar-refractivity contribution in [2.75, 3.05) is 95.0 Å². The average molecular weight is 1660 g/mol. The van der Waals surface area contributed by atoms with E-state index in [0.29, 0.717) is 30.6 Å². The quantitative estimate of drug-likeness (QED) is 0.0208. The highest BCUT2D eigenvalue weighted by Gasteiger charge is 2.80. The van der Waals surface area contributed by atoms with Gasteiger partial charge in [-0.25, -0.2) is 18.4 Å². The number of alkyl halides is 2. The summed E-state index contributed by atoms with van der Waals surface area (Å²) >= 11 is 0. The van der Waals surface area contributed by atoms with E-state index in [1.165, 1.54) is 43.3 Å². The molecule has 3 aromatic carbocycles. The zero-order valence-corrected chi connectivity index (χ0v) is 67.3. The van der Waals surface area contributed by atoms with Crippen LogP contribution in [-0.2, 0) is 99.6 Å². The number of nitrogens with one attached hydrogen (secondary N) is 8. The minimum Gasteiger partial charge on any atom is -0.445 e. The Morgan fingerprint density at radius 2 is 1.35 bits per heavy atom. The van der Waals surface area contributed by atoms with Gasteiger partial charge in [0, 0.05) is 78.9 Å². The van der Waals surface area contributed by atoms with Crippen LogP contribution in [0.5, 0.6) is 0 Å². The van der Waals surface area contributed by atoms with E-state index in [0.717, 1.165) is 22.8 Å². The van der Waals surface area contributed by atoms with Crippen molar-refractivity contribution >= 4 is 86.5 Å². The Kier molecular flexibility index (Phi) is 32.9. The van der Waals surface area contributed by atoms with Crippen LogP contribution >= 0.6 is 0 Å². The molecular weight excluding hydrogens is 1550 g/mol. The number of aliphatic hydroxyl groups is 1. The molecule has 117 heavy (non-hydrogen) atoms. The molecule has 2 unspecified atom stereocenters. The molecule has 4 fully saturated rings. The molecule has 3 saturated carbocycles. The summed E-state index contributed by atoms with van der Waals surface area (Å²) in [5.41, 5.74) is 1.91. The van der Waals surface area contributed by atoms with Crippen LogP contribution in [0.3, 0.4) is 0 Å². The van der Waals surface area contributed by atoms with E-state index in [-0.39, 0.29) is 166 Å². The lowest BCUT2D eigenvalue weighted by Gasteiger charge is -2.63. The number of nitrogens with zero attached hydrogens (tertiary/aromatic N) is 1. The predicted octanol–water partition coefficient (Wildman–Crippen LogP) is 4.66. The molecule has 3 aromatic rings. The number of anilines is 2. The third kappa shape index (κ3) is 23.6. The number of benzene rings is 3. The maximum Gasteiger partial charge on any atom is 0.407 e. The molecule has 2 aliphatic heterocycles. The summed E-state index contributed by atoms with van der Waals surface area (Å²) in [7, 11) is -4.38. The van der Waals surface area contributed by atoms with E-state index in [1.54, 1.807) is 25.7 Å². The Morgan fingerprint density at radius 1 is 0.709 bits per heavy atom. The fraction of sp³-hybridized carbons (Fsp3) is 0.573. The first-order valence-corrected chi connectivity index (χ1v) is 41.3. The summed E-state index contributed by atoms with van der Waals surface area (Å²) < 4.78 is 107. The number of ether oxygens (including phenoxy) is 7. The summed E-state index contributed by atoms with van der Waals surface area (Å²) in [6.07, 6.45) is -2.67. The number of alkyl carbamates (subject to hydrolysis) is 1. The molecule has 4 aliphatic carbocycles. The Morgan fingerprint density at radius 3 is 2.04 bits per heavy atom. The van der Waals surface area contributed by atoms with Gasteiger partial charge in [0.05, 0.1) is 89.6 Å². The van der Waals surface area contributed by atoms with Crippen LogP contribution < -0.4 is 53.2 Å². The highest BCUT2D eigenvalue weighted by Crippen LogP contribution is 2.72. The summed E-state index contributed by atoms with van der Waals surface area (Å²) in [5, 5.41) is 32.8. The van der Waals surface area contributed by atoms with Crippen LogP contribution in [0.1, 0.15) is 140 Å².